The van der Waals surface area contributed by atoms with E-state index in [0.29, 0.717) is 18.2 Å². The Morgan fingerprint density at radius 2 is 2.47 bits per heavy atom. The zero-order chi connectivity index (χ0) is 12.3. The molecule has 1 unspecified atom stereocenters. The van der Waals surface area contributed by atoms with Gasteiger partial charge in [-0.15, -0.1) is 0 Å². The van der Waals surface area contributed by atoms with Gasteiger partial charge >= 0.3 is 0 Å². The molecule has 1 aliphatic rings. The lowest BCUT2D eigenvalue weighted by Gasteiger charge is -2.22. The molecular weight excluding hydrogens is 220 g/mol. The molecule has 1 amide bonds. The maximum atomic E-state index is 12.1. The summed E-state index contributed by atoms with van der Waals surface area (Å²) in [4.78, 5) is 13.9. The van der Waals surface area contributed by atoms with Crippen molar-refractivity contribution < 1.29 is 14.1 Å². The van der Waals surface area contributed by atoms with Crippen LogP contribution in [-0.4, -0.2) is 42.3 Å². The van der Waals surface area contributed by atoms with Crippen molar-refractivity contribution in [1.29, 1.82) is 0 Å². The molecule has 0 aliphatic carbocycles. The third-order valence-corrected chi connectivity index (χ3v) is 3.01. The van der Waals surface area contributed by atoms with Crippen LogP contribution in [0.25, 0.3) is 0 Å². The number of carbonyl (C=O) groups excluding carboxylic acids is 1. The van der Waals surface area contributed by atoms with Crippen molar-refractivity contribution in [3.63, 3.8) is 0 Å². The summed E-state index contributed by atoms with van der Waals surface area (Å²) in [6.07, 6.45) is 1.03. The van der Waals surface area contributed by atoms with Gasteiger partial charge in [-0.05, 0) is 20.3 Å². The van der Waals surface area contributed by atoms with E-state index in [0.717, 1.165) is 31.9 Å². The summed E-state index contributed by atoms with van der Waals surface area (Å²) < 4.78 is 10.3. The first kappa shape index (κ1) is 12.1. The third kappa shape index (κ3) is 2.85. The molecule has 0 N–H and O–H groups in total. The minimum atomic E-state index is -0.0833. The van der Waals surface area contributed by atoms with Gasteiger partial charge in [-0.3, -0.25) is 4.79 Å². The van der Waals surface area contributed by atoms with Gasteiger partial charge in [0.05, 0.1) is 12.3 Å². The molecule has 1 saturated heterocycles. The van der Waals surface area contributed by atoms with E-state index < -0.39 is 0 Å². The molecule has 1 aromatic rings. The molecule has 17 heavy (non-hydrogen) atoms. The molecule has 5 nitrogen and oxygen atoms in total. The SMILES string of the molecule is CCN(CC1CCOC1)C(=O)c1cc(C)no1. The maximum Gasteiger partial charge on any atom is 0.292 e. The van der Waals surface area contributed by atoms with Crippen molar-refractivity contribution in [1.82, 2.24) is 10.1 Å². The van der Waals surface area contributed by atoms with Crippen molar-refractivity contribution in [3.8, 4) is 0 Å². The number of ether oxygens (including phenoxy) is 1. The Morgan fingerprint density at radius 3 is 3.00 bits per heavy atom. The molecule has 2 rings (SSSR count). The molecule has 1 fully saturated rings. The van der Waals surface area contributed by atoms with Gasteiger partial charge in [-0.1, -0.05) is 5.16 Å². The number of hydrogen-bond donors (Lipinski definition) is 0. The monoisotopic (exact) mass is 238 g/mol. The number of aromatic nitrogens is 1. The number of amides is 1. The first-order chi connectivity index (χ1) is 8.20. The van der Waals surface area contributed by atoms with Crippen molar-refractivity contribution >= 4 is 5.91 Å². The highest BCUT2D eigenvalue weighted by Gasteiger charge is 2.24. The second kappa shape index (κ2) is 5.31. The molecule has 2 heterocycles. The summed E-state index contributed by atoms with van der Waals surface area (Å²) >= 11 is 0. The van der Waals surface area contributed by atoms with Crippen LogP contribution in [0, 0.1) is 12.8 Å². The normalized spacial score (nSPS) is 19.5. The molecule has 0 bridgehead atoms. The average molecular weight is 238 g/mol. The highest BCUT2D eigenvalue weighted by atomic mass is 16.5. The summed E-state index contributed by atoms with van der Waals surface area (Å²) in [6, 6.07) is 1.68. The largest absolute Gasteiger partial charge is 0.381 e. The van der Waals surface area contributed by atoms with E-state index in [2.05, 4.69) is 5.16 Å². The summed E-state index contributed by atoms with van der Waals surface area (Å²) in [5.41, 5.74) is 0.730. The van der Waals surface area contributed by atoms with E-state index in [4.69, 9.17) is 9.26 Å². The van der Waals surface area contributed by atoms with Gasteiger partial charge in [0.15, 0.2) is 0 Å². The second-order valence-corrected chi connectivity index (χ2v) is 4.41. The maximum absolute atomic E-state index is 12.1. The Bertz CT molecular complexity index is 383. The third-order valence-electron chi connectivity index (χ3n) is 3.01. The van der Waals surface area contributed by atoms with E-state index in [1.807, 2.05) is 6.92 Å². The lowest BCUT2D eigenvalue weighted by molar-refractivity contribution is 0.0689. The Balaban J connectivity index is 1.99. The highest BCUT2D eigenvalue weighted by molar-refractivity contribution is 5.91. The van der Waals surface area contributed by atoms with Gasteiger partial charge in [-0.2, -0.15) is 0 Å². The van der Waals surface area contributed by atoms with Crippen molar-refractivity contribution in [2.24, 2.45) is 5.92 Å². The van der Waals surface area contributed by atoms with Gasteiger partial charge in [-0.25, -0.2) is 0 Å². The number of rotatable bonds is 4. The standard InChI is InChI=1S/C12H18N2O3/c1-3-14(7-10-4-5-16-8-10)12(15)11-6-9(2)13-17-11/h6,10H,3-5,7-8H2,1-2H3. The zero-order valence-electron chi connectivity index (χ0n) is 10.3. The van der Waals surface area contributed by atoms with Gasteiger partial charge in [0, 0.05) is 31.7 Å². The van der Waals surface area contributed by atoms with Crippen molar-refractivity contribution in [2.75, 3.05) is 26.3 Å². The molecule has 5 heteroatoms. The summed E-state index contributed by atoms with van der Waals surface area (Å²) in [5.74, 6) is 0.686. The average Bonchev–Trinajstić information content (AvgIpc) is 2.96. The first-order valence-electron chi connectivity index (χ1n) is 6.01. The predicted octanol–water partition coefficient (Wildman–Crippen LogP) is 1.48. The molecule has 0 spiro atoms. The smallest absolute Gasteiger partial charge is 0.292 e. The van der Waals surface area contributed by atoms with E-state index in [1.54, 1.807) is 17.9 Å². The lowest BCUT2D eigenvalue weighted by atomic mass is 10.1. The van der Waals surface area contributed by atoms with Gasteiger partial charge in [0.25, 0.3) is 5.91 Å². The van der Waals surface area contributed by atoms with Crippen LogP contribution in [0.15, 0.2) is 10.6 Å². The minimum Gasteiger partial charge on any atom is -0.381 e. The van der Waals surface area contributed by atoms with E-state index in [1.165, 1.54) is 0 Å². The van der Waals surface area contributed by atoms with Gasteiger partial charge in [0.2, 0.25) is 5.76 Å². The topological polar surface area (TPSA) is 55.6 Å². The highest BCUT2D eigenvalue weighted by Crippen LogP contribution is 2.15. The number of nitrogens with zero attached hydrogens (tertiary/aromatic N) is 2. The zero-order valence-corrected chi connectivity index (χ0v) is 10.3. The Hall–Kier alpha value is -1.36. The molecule has 94 valence electrons. The second-order valence-electron chi connectivity index (χ2n) is 4.41. The van der Waals surface area contributed by atoms with Crippen molar-refractivity contribution in [2.45, 2.75) is 20.3 Å². The number of carbonyl (C=O) groups is 1. The van der Waals surface area contributed by atoms with Crippen LogP contribution in [0.2, 0.25) is 0 Å². The van der Waals surface area contributed by atoms with Crippen LogP contribution in [-0.2, 0) is 4.74 Å². The van der Waals surface area contributed by atoms with Gasteiger partial charge < -0.3 is 14.2 Å². The molecule has 1 aromatic heterocycles. The Kier molecular flexibility index (Phi) is 3.78. The van der Waals surface area contributed by atoms with Gasteiger partial charge in [0.1, 0.15) is 0 Å². The summed E-state index contributed by atoms with van der Waals surface area (Å²) in [5, 5.41) is 3.74. The molecule has 1 atom stereocenters. The molecule has 0 aromatic carbocycles. The van der Waals surface area contributed by atoms with Crippen LogP contribution >= 0.6 is 0 Å². The lowest BCUT2D eigenvalue weighted by Crippen LogP contribution is -2.35. The fourth-order valence-corrected chi connectivity index (χ4v) is 2.01. The Morgan fingerprint density at radius 1 is 1.65 bits per heavy atom. The number of aryl methyl sites for hydroxylation is 1. The van der Waals surface area contributed by atoms with E-state index in [-0.39, 0.29) is 5.91 Å². The Labute approximate surface area is 101 Å². The summed E-state index contributed by atoms with van der Waals surface area (Å²) in [7, 11) is 0. The van der Waals surface area contributed by atoms with Crippen molar-refractivity contribution in [3.05, 3.63) is 17.5 Å². The first-order valence-corrected chi connectivity index (χ1v) is 6.01. The van der Waals surface area contributed by atoms with Crippen LogP contribution in [0.1, 0.15) is 29.6 Å². The quantitative estimate of drug-likeness (QED) is 0.797. The van der Waals surface area contributed by atoms with E-state index >= 15 is 0 Å². The molecule has 0 saturated carbocycles. The minimum absolute atomic E-state index is 0.0833. The summed E-state index contributed by atoms with van der Waals surface area (Å²) in [6.45, 7) is 6.74. The molecular formula is C12H18N2O3. The predicted molar refractivity (Wildman–Crippen MR) is 61.7 cm³/mol. The fourth-order valence-electron chi connectivity index (χ4n) is 2.01. The molecule has 0 radical (unpaired) electrons. The van der Waals surface area contributed by atoms with Crippen LogP contribution < -0.4 is 0 Å². The van der Waals surface area contributed by atoms with E-state index in [9.17, 15) is 4.79 Å². The number of hydrogen-bond acceptors (Lipinski definition) is 4. The van der Waals surface area contributed by atoms with Crippen LogP contribution in [0.5, 0.6) is 0 Å². The van der Waals surface area contributed by atoms with Crippen LogP contribution in [0.4, 0.5) is 0 Å². The fraction of sp³-hybridized carbons (Fsp3) is 0.667. The molecule has 1 aliphatic heterocycles. The van der Waals surface area contributed by atoms with Crippen LogP contribution in [0.3, 0.4) is 0 Å².